The molecule has 0 aliphatic rings. The van der Waals surface area contributed by atoms with Gasteiger partial charge in [0.05, 0.1) is 0 Å². The molecule has 0 radical (unpaired) electrons. The monoisotopic (exact) mass is 187 g/mol. The quantitative estimate of drug-likeness (QED) is 0.748. The molecule has 1 heterocycles. The predicted molar refractivity (Wildman–Crippen MR) is 50.4 cm³/mol. The third-order valence-corrected chi connectivity index (χ3v) is 1.96. The van der Waals surface area contributed by atoms with E-state index >= 15 is 0 Å². The largest absolute Gasteiger partial charge is 0.288 e. The molecule has 0 fully saturated rings. The maximum absolute atomic E-state index is 10.7. The van der Waals surface area contributed by atoms with Crippen molar-refractivity contribution in [3.8, 4) is 0 Å². The Balaban J connectivity index is 2.70. The van der Waals surface area contributed by atoms with Gasteiger partial charge < -0.3 is 0 Å². The predicted octanol–water partition coefficient (Wildman–Crippen LogP) is 1.24. The van der Waals surface area contributed by atoms with E-state index < -0.39 is 11.0 Å². The Labute approximate surface area is 74.3 Å². The molecular weight excluding hydrogens is 174 g/mol. The topological polar surface area (TPSA) is 57.8 Å². The van der Waals surface area contributed by atoms with Crippen molar-refractivity contribution in [2.75, 3.05) is 11.0 Å². The van der Waals surface area contributed by atoms with E-state index in [9.17, 15) is 4.21 Å². The summed E-state index contributed by atoms with van der Waals surface area (Å²) in [6, 6.07) is 1.87. The summed E-state index contributed by atoms with van der Waals surface area (Å²) in [5.74, 6) is 1.05. The van der Waals surface area contributed by atoms with Gasteiger partial charge in [-0.05, 0) is 5.92 Å². The van der Waals surface area contributed by atoms with E-state index in [4.69, 9.17) is 0 Å². The molecule has 4 nitrogen and oxygen atoms in total. The van der Waals surface area contributed by atoms with Crippen LogP contribution in [-0.2, 0) is 11.0 Å². The molecule has 1 aromatic heterocycles. The minimum absolute atomic E-state index is 0.415. The zero-order valence-corrected chi connectivity index (χ0v) is 8.23. The molecule has 12 heavy (non-hydrogen) atoms. The highest BCUT2D eigenvalue weighted by molar-refractivity contribution is 7.85. The Kier molecular flexibility index (Phi) is 2.86. The fourth-order valence-electron chi connectivity index (χ4n) is 0.832. The molecule has 0 saturated carbocycles. The molecule has 0 saturated heterocycles. The number of rotatable bonds is 3. The highest BCUT2D eigenvalue weighted by atomic mass is 32.2. The lowest BCUT2D eigenvalue weighted by atomic mass is 10.1. The summed E-state index contributed by atoms with van der Waals surface area (Å²) in [4.78, 5) is 0. The highest BCUT2D eigenvalue weighted by Crippen LogP contribution is 2.14. The van der Waals surface area contributed by atoms with Gasteiger partial charge >= 0.3 is 0 Å². The van der Waals surface area contributed by atoms with Crippen LogP contribution in [0.3, 0.4) is 0 Å². The fraction of sp³-hybridized carbons (Fsp3) is 0.571. The van der Waals surface area contributed by atoms with Crippen molar-refractivity contribution < 1.29 is 4.21 Å². The second kappa shape index (κ2) is 3.71. The Hall–Kier alpha value is -0.840. The standard InChI is InChI=1S/C7H13N3OS/c1-5(2)6-4-7(9-8-6)10-12(3)11/h4-5H,1-3H3,(H2,8,9,10). The Morgan fingerprint density at radius 2 is 2.33 bits per heavy atom. The van der Waals surface area contributed by atoms with Crippen LogP contribution in [0.2, 0.25) is 0 Å². The maximum Gasteiger partial charge on any atom is 0.159 e. The van der Waals surface area contributed by atoms with Crippen LogP contribution < -0.4 is 4.72 Å². The zero-order chi connectivity index (χ0) is 9.14. The highest BCUT2D eigenvalue weighted by Gasteiger charge is 2.04. The summed E-state index contributed by atoms with van der Waals surface area (Å²) in [5, 5.41) is 6.81. The van der Waals surface area contributed by atoms with Crippen molar-refractivity contribution in [1.82, 2.24) is 10.2 Å². The molecule has 0 bridgehead atoms. The van der Waals surface area contributed by atoms with Crippen molar-refractivity contribution in [2.45, 2.75) is 19.8 Å². The summed E-state index contributed by atoms with van der Waals surface area (Å²) in [7, 11) is -1.05. The summed E-state index contributed by atoms with van der Waals surface area (Å²) in [6.07, 6.45) is 1.57. The number of hydrogen-bond donors (Lipinski definition) is 2. The van der Waals surface area contributed by atoms with Gasteiger partial charge in [-0.2, -0.15) is 5.10 Å². The summed E-state index contributed by atoms with van der Waals surface area (Å²) in [5.41, 5.74) is 1.04. The molecule has 1 aromatic rings. The van der Waals surface area contributed by atoms with Crippen LogP contribution in [0.25, 0.3) is 0 Å². The molecule has 68 valence electrons. The number of aromatic nitrogens is 2. The smallest absolute Gasteiger partial charge is 0.159 e. The van der Waals surface area contributed by atoms with Crippen LogP contribution >= 0.6 is 0 Å². The number of nitrogens with one attached hydrogen (secondary N) is 2. The van der Waals surface area contributed by atoms with Gasteiger partial charge in [-0.15, -0.1) is 0 Å². The molecular formula is C7H13N3OS. The number of hydrogen-bond acceptors (Lipinski definition) is 2. The van der Waals surface area contributed by atoms with Crippen LogP contribution in [0, 0.1) is 0 Å². The van der Waals surface area contributed by atoms with E-state index in [1.165, 1.54) is 0 Å². The van der Waals surface area contributed by atoms with Crippen LogP contribution in [-0.4, -0.2) is 20.7 Å². The molecule has 5 heteroatoms. The van der Waals surface area contributed by atoms with E-state index in [1.807, 2.05) is 6.07 Å². The van der Waals surface area contributed by atoms with Crippen LogP contribution in [0.4, 0.5) is 5.82 Å². The van der Waals surface area contributed by atoms with Gasteiger partial charge in [0.25, 0.3) is 0 Å². The first-order valence-electron chi connectivity index (χ1n) is 3.75. The van der Waals surface area contributed by atoms with Crippen LogP contribution in [0.15, 0.2) is 6.07 Å². The molecule has 1 rings (SSSR count). The number of nitrogens with zero attached hydrogens (tertiary/aromatic N) is 1. The van der Waals surface area contributed by atoms with Crippen molar-refractivity contribution in [3.63, 3.8) is 0 Å². The molecule has 0 spiro atoms. The minimum atomic E-state index is -1.05. The Bertz CT molecular complexity index is 282. The molecule has 1 unspecified atom stereocenters. The molecule has 0 aliphatic carbocycles. The second-order valence-electron chi connectivity index (χ2n) is 2.92. The van der Waals surface area contributed by atoms with E-state index in [2.05, 4.69) is 28.8 Å². The summed E-state index contributed by atoms with van der Waals surface area (Å²) < 4.78 is 13.4. The first-order chi connectivity index (χ1) is 5.59. The Morgan fingerprint density at radius 3 is 2.75 bits per heavy atom. The average Bonchev–Trinajstić information content (AvgIpc) is 2.34. The number of anilines is 1. The Morgan fingerprint density at radius 1 is 1.67 bits per heavy atom. The third kappa shape index (κ3) is 2.34. The van der Waals surface area contributed by atoms with Crippen molar-refractivity contribution in [2.24, 2.45) is 0 Å². The average molecular weight is 187 g/mol. The fourth-order valence-corrected chi connectivity index (χ4v) is 1.23. The second-order valence-corrected chi connectivity index (χ2v) is 4.03. The third-order valence-electron chi connectivity index (χ3n) is 1.47. The van der Waals surface area contributed by atoms with E-state index in [-0.39, 0.29) is 0 Å². The lowest BCUT2D eigenvalue weighted by Gasteiger charge is -1.96. The van der Waals surface area contributed by atoms with Gasteiger partial charge in [-0.1, -0.05) is 13.8 Å². The molecule has 0 aliphatic heterocycles. The van der Waals surface area contributed by atoms with E-state index in [0.717, 1.165) is 5.69 Å². The van der Waals surface area contributed by atoms with Crippen LogP contribution in [0.1, 0.15) is 25.5 Å². The van der Waals surface area contributed by atoms with Gasteiger partial charge in [0.1, 0.15) is 11.0 Å². The van der Waals surface area contributed by atoms with E-state index in [0.29, 0.717) is 11.7 Å². The summed E-state index contributed by atoms with van der Waals surface area (Å²) in [6.45, 7) is 4.14. The van der Waals surface area contributed by atoms with Gasteiger partial charge in [0.15, 0.2) is 5.82 Å². The van der Waals surface area contributed by atoms with E-state index in [1.54, 1.807) is 6.26 Å². The molecule has 2 N–H and O–H groups in total. The molecule has 1 atom stereocenters. The SMILES string of the molecule is CC(C)c1cc(NS(C)=O)n[nH]1. The van der Waals surface area contributed by atoms with Gasteiger partial charge in [-0.3, -0.25) is 9.82 Å². The number of aromatic amines is 1. The maximum atomic E-state index is 10.7. The van der Waals surface area contributed by atoms with Crippen molar-refractivity contribution in [1.29, 1.82) is 0 Å². The molecule has 0 amide bonds. The van der Waals surface area contributed by atoms with Gasteiger partial charge in [0.2, 0.25) is 0 Å². The van der Waals surface area contributed by atoms with Gasteiger partial charge in [0, 0.05) is 18.0 Å². The lowest BCUT2D eigenvalue weighted by Crippen LogP contribution is -2.00. The summed E-state index contributed by atoms with van der Waals surface area (Å²) >= 11 is 0. The van der Waals surface area contributed by atoms with Crippen molar-refractivity contribution >= 4 is 16.8 Å². The van der Waals surface area contributed by atoms with Crippen molar-refractivity contribution in [3.05, 3.63) is 11.8 Å². The first kappa shape index (κ1) is 9.25. The first-order valence-corrected chi connectivity index (χ1v) is 5.31. The van der Waals surface area contributed by atoms with Gasteiger partial charge in [-0.25, -0.2) is 4.21 Å². The molecule has 0 aromatic carbocycles. The zero-order valence-electron chi connectivity index (χ0n) is 7.42. The normalized spacial score (nSPS) is 13.3. The van der Waals surface area contributed by atoms with Crippen LogP contribution in [0.5, 0.6) is 0 Å². The minimum Gasteiger partial charge on any atom is -0.288 e. The lowest BCUT2D eigenvalue weighted by molar-refractivity contribution is 0.689. The number of H-pyrrole nitrogens is 1.